The largest absolute Gasteiger partial charge is 0.391 e. The first kappa shape index (κ1) is 14.9. The summed E-state index contributed by atoms with van der Waals surface area (Å²) >= 11 is 5.87. The van der Waals surface area contributed by atoms with Crippen LogP contribution in [0.15, 0.2) is 12.1 Å². The van der Waals surface area contributed by atoms with Crippen molar-refractivity contribution in [1.82, 2.24) is 10.3 Å². The molecule has 5 heteroatoms. The van der Waals surface area contributed by atoms with E-state index in [1.807, 2.05) is 6.92 Å². The van der Waals surface area contributed by atoms with Gasteiger partial charge in [0, 0.05) is 11.3 Å². The fourth-order valence-electron chi connectivity index (χ4n) is 1.33. The van der Waals surface area contributed by atoms with E-state index in [2.05, 4.69) is 10.3 Å². The predicted octanol–water partition coefficient (Wildman–Crippen LogP) is 2.19. The molecular weight excluding hydrogens is 252 g/mol. The molecule has 0 fully saturated rings. The van der Waals surface area contributed by atoms with Crippen LogP contribution in [-0.2, 0) is 6.42 Å². The molecule has 1 atom stereocenters. The minimum atomic E-state index is -0.695. The summed E-state index contributed by atoms with van der Waals surface area (Å²) in [5, 5.41) is 12.7. The Hall–Kier alpha value is -1.13. The highest BCUT2D eigenvalue weighted by Gasteiger charge is 2.26. The maximum atomic E-state index is 12.1. The second-order valence-corrected chi connectivity index (χ2v) is 5.26. The van der Waals surface area contributed by atoms with Gasteiger partial charge in [0.15, 0.2) is 0 Å². The van der Waals surface area contributed by atoms with Crippen LogP contribution in [0, 0.1) is 0 Å². The summed E-state index contributed by atoms with van der Waals surface area (Å²) in [6, 6.07) is 3.23. The maximum Gasteiger partial charge on any atom is 0.251 e. The molecule has 0 radical (unpaired) electrons. The topological polar surface area (TPSA) is 62.2 Å². The van der Waals surface area contributed by atoms with Crippen LogP contribution < -0.4 is 5.32 Å². The Morgan fingerprint density at radius 2 is 2.17 bits per heavy atom. The van der Waals surface area contributed by atoms with Gasteiger partial charge in [-0.05, 0) is 39.3 Å². The SMILES string of the molecule is CCc1cc(C(=O)NC(C)(C)C(C)O)cc(Cl)n1. The van der Waals surface area contributed by atoms with Crippen molar-refractivity contribution in [2.75, 3.05) is 0 Å². The van der Waals surface area contributed by atoms with Crippen molar-refractivity contribution in [3.05, 3.63) is 28.5 Å². The van der Waals surface area contributed by atoms with Crippen LogP contribution in [0.5, 0.6) is 0 Å². The third-order valence-corrected chi connectivity index (χ3v) is 3.15. The first-order valence-corrected chi connectivity index (χ1v) is 6.31. The summed E-state index contributed by atoms with van der Waals surface area (Å²) in [5.74, 6) is -0.264. The van der Waals surface area contributed by atoms with Crippen LogP contribution in [0.2, 0.25) is 5.15 Å². The van der Waals surface area contributed by atoms with E-state index in [1.54, 1.807) is 26.8 Å². The van der Waals surface area contributed by atoms with Gasteiger partial charge in [0.2, 0.25) is 0 Å². The zero-order valence-corrected chi connectivity index (χ0v) is 11.9. The normalized spacial score (nSPS) is 13.2. The number of nitrogens with zero attached hydrogens (tertiary/aromatic N) is 1. The summed E-state index contributed by atoms with van der Waals surface area (Å²) in [6.45, 7) is 7.11. The zero-order chi connectivity index (χ0) is 13.9. The molecule has 18 heavy (non-hydrogen) atoms. The number of hydrogen-bond donors (Lipinski definition) is 2. The van der Waals surface area contributed by atoms with Crippen LogP contribution in [-0.4, -0.2) is 27.6 Å². The van der Waals surface area contributed by atoms with Gasteiger partial charge >= 0.3 is 0 Å². The van der Waals surface area contributed by atoms with Crippen molar-refractivity contribution in [1.29, 1.82) is 0 Å². The van der Waals surface area contributed by atoms with E-state index >= 15 is 0 Å². The van der Waals surface area contributed by atoms with Crippen LogP contribution in [0.1, 0.15) is 43.7 Å². The number of carbonyl (C=O) groups is 1. The van der Waals surface area contributed by atoms with Crippen molar-refractivity contribution in [2.45, 2.75) is 45.8 Å². The van der Waals surface area contributed by atoms with Crippen molar-refractivity contribution < 1.29 is 9.90 Å². The lowest BCUT2D eigenvalue weighted by Gasteiger charge is -2.29. The van der Waals surface area contributed by atoms with E-state index < -0.39 is 11.6 Å². The van der Waals surface area contributed by atoms with Gasteiger partial charge in [0.1, 0.15) is 5.15 Å². The molecule has 0 saturated carbocycles. The minimum absolute atomic E-state index is 0.264. The van der Waals surface area contributed by atoms with E-state index in [4.69, 9.17) is 11.6 Å². The van der Waals surface area contributed by atoms with Gasteiger partial charge in [-0.2, -0.15) is 0 Å². The molecule has 0 aromatic carbocycles. The number of rotatable bonds is 4. The van der Waals surface area contributed by atoms with Gasteiger partial charge in [-0.25, -0.2) is 4.98 Å². The zero-order valence-electron chi connectivity index (χ0n) is 11.1. The summed E-state index contributed by atoms with van der Waals surface area (Å²) in [4.78, 5) is 16.2. The van der Waals surface area contributed by atoms with Crippen LogP contribution in [0.4, 0.5) is 0 Å². The Balaban J connectivity index is 2.94. The van der Waals surface area contributed by atoms with E-state index in [9.17, 15) is 9.90 Å². The molecule has 0 aliphatic heterocycles. The fourth-order valence-corrected chi connectivity index (χ4v) is 1.56. The number of aryl methyl sites for hydroxylation is 1. The Morgan fingerprint density at radius 1 is 1.56 bits per heavy atom. The maximum absolute atomic E-state index is 12.1. The second kappa shape index (κ2) is 5.67. The summed E-state index contributed by atoms with van der Waals surface area (Å²) in [6.07, 6.45) is 0.0603. The lowest BCUT2D eigenvalue weighted by atomic mass is 9.98. The Morgan fingerprint density at radius 3 is 2.67 bits per heavy atom. The molecule has 4 nitrogen and oxygen atoms in total. The van der Waals surface area contributed by atoms with E-state index in [0.717, 1.165) is 5.69 Å². The summed E-state index contributed by atoms with van der Waals surface area (Å²) < 4.78 is 0. The summed E-state index contributed by atoms with van der Waals surface area (Å²) in [7, 11) is 0. The molecular formula is C13H19ClN2O2. The Kier molecular flexibility index (Phi) is 4.71. The third-order valence-electron chi connectivity index (χ3n) is 2.95. The third kappa shape index (κ3) is 3.68. The molecule has 0 spiro atoms. The van der Waals surface area contributed by atoms with Gasteiger partial charge in [-0.3, -0.25) is 4.79 Å². The number of hydrogen-bond acceptors (Lipinski definition) is 3. The number of carbonyl (C=O) groups excluding carboxylic acids is 1. The molecule has 1 heterocycles. The van der Waals surface area contributed by atoms with E-state index in [1.165, 1.54) is 6.07 Å². The van der Waals surface area contributed by atoms with Gasteiger partial charge in [0.05, 0.1) is 11.6 Å². The highest BCUT2D eigenvalue weighted by atomic mass is 35.5. The van der Waals surface area contributed by atoms with Crippen molar-refractivity contribution in [3.8, 4) is 0 Å². The lowest BCUT2D eigenvalue weighted by Crippen LogP contribution is -2.51. The molecule has 2 N–H and O–H groups in total. The number of aliphatic hydroxyl groups is 1. The van der Waals surface area contributed by atoms with Crippen LogP contribution in [0.3, 0.4) is 0 Å². The number of pyridine rings is 1. The highest BCUT2D eigenvalue weighted by Crippen LogP contribution is 2.14. The van der Waals surface area contributed by atoms with Crippen molar-refractivity contribution >= 4 is 17.5 Å². The molecule has 0 aliphatic carbocycles. The molecule has 1 aromatic heterocycles. The monoisotopic (exact) mass is 270 g/mol. The van der Waals surface area contributed by atoms with Crippen molar-refractivity contribution in [3.63, 3.8) is 0 Å². The minimum Gasteiger partial charge on any atom is -0.391 e. The summed E-state index contributed by atoms with van der Waals surface area (Å²) in [5.41, 5.74) is 0.530. The average Bonchev–Trinajstić information content (AvgIpc) is 2.27. The molecule has 1 amide bonds. The number of amides is 1. The number of halogens is 1. The van der Waals surface area contributed by atoms with Crippen molar-refractivity contribution in [2.24, 2.45) is 0 Å². The number of aliphatic hydroxyl groups excluding tert-OH is 1. The molecule has 100 valence electrons. The number of aromatic nitrogens is 1. The quantitative estimate of drug-likeness (QED) is 0.825. The first-order valence-electron chi connectivity index (χ1n) is 5.93. The van der Waals surface area contributed by atoms with Crippen LogP contribution >= 0.6 is 11.6 Å². The van der Waals surface area contributed by atoms with Gasteiger partial charge in [0.25, 0.3) is 5.91 Å². The van der Waals surface area contributed by atoms with E-state index in [0.29, 0.717) is 17.1 Å². The molecule has 1 aromatic rings. The second-order valence-electron chi connectivity index (χ2n) is 4.88. The van der Waals surface area contributed by atoms with Gasteiger partial charge in [-0.15, -0.1) is 0 Å². The average molecular weight is 271 g/mol. The molecule has 1 rings (SSSR count). The Labute approximate surface area is 112 Å². The molecule has 0 aliphatic rings. The fraction of sp³-hybridized carbons (Fsp3) is 0.538. The molecule has 1 unspecified atom stereocenters. The first-order chi connectivity index (χ1) is 8.26. The van der Waals surface area contributed by atoms with Gasteiger partial charge in [-0.1, -0.05) is 18.5 Å². The standard InChI is InChI=1S/C13H19ClN2O2/c1-5-10-6-9(7-11(14)15-10)12(18)16-13(3,4)8(2)17/h6-8,17H,5H2,1-4H3,(H,16,18). The molecule has 0 bridgehead atoms. The smallest absolute Gasteiger partial charge is 0.251 e. The van der Waals surface area contributed by atoms with E-state index in [-0.39, 0.29) is 5.91 Å². The predicted molar refractivity (Wildman–Crippen MR) is 71.9 cm³/mol. The number of nitrogens with one attached hydrogen (secondary N) is 1. The molecule has 0 saturated heterocycles. The van der Waals surface area contributed by atoms with Crippen LogP contribution in [0.25, 0.3) is 0 Å². The Bertz CT molecular complexity index is 445. The lowest BCUT2D eigenvalue weighted by molar-refractivity contribution is 0.0709. The highest BCUT2D eigenvalue weighted by molar-refractivity contribution is 6.29. The van der Waals surface area contributed by atoms with Gasteiger partial charge < -0.3 is 10.4 Å².